The van der Waals surface area contributed by atoms with Gasteiger partial charge in [-0.2, -0.15) is 0 Å². The zero-order chi connectivity index (χ0) is 14.7. The summed E-state index contributed by atoms with van der Waals surface area (Å²) in [6.07, 6.45) is 1.35. The van der Waals surface area contributed by atoms with Crippen molar-refractivity contribution < 1.29 is 22.0 Å². The smallest absolute Gasteiger partial charge is 0.200 e. The molecule has 0 fully saturated rings. The Morgan fingerprint density at radius 2 is 1.16 bits per heavy atom. The average Bonchev–Trinajstić information content (AvgIpc) is 2.36. The Bertz CT molecular complexity index is 430. The van der Waals surface area contributed by atoms with Crippen molar-refractivity contribution in [3.05, 3.63) is 29.1 Å². The van der Waals surface area contributed by atoms with E-state index in [0.29, 0.717) is 12.3 Å². The van der Waals surface area contributed by atoms with E-state index in [2.05, 4.69) is 5.32 Å². The lowest BCUT2D eigenvalue weighted by Gasteiger charge is -2.18. The van der Waals surface area contributed by atoms with Crippen LogP contribution in [0, 0.1) is 35.0 Å². The molecule has 1 atom stereocenters. The highest BCUT2D eigenvalue weighted by Gasteiger charge is 2.26. The number of rotatable bonds is 5. The first-order valence-electron chi connectivity index (χ1n) is 6.03. The molecule has 6 heteroatoms. The van der Waals surface area contributed by atoms with Crippen LogP contribution < -0.4 is 5.32 Å². The Morgan fingerprint density at radius 3 is 1.58 bits per heavy atom. The summed E-state index contributed by atoms with van der Waals surface area (Å²) in [7, 11) is 0. The van der Waals surface area contributed by atoms with Gasteiger partial charge in [-0.1, -0.05) is 13.8 Å². The van der Waals surface area contributed by atoms with Crippen LogP contribution in [0.1, 0.15) is 33.6 Å². The molecule has 1 nitrogen and oxygen atoms in total. The largest absolute Gasteiger partial charge is 0.378 e. The molecule has 0 radical (unpaired) electrons. The van der Waals surface area contributed by atoms with E-state index in [-0.39, 0.29) is 0 Å². The predicted molar refractivity (Wildman–Crippen MR) is 63.4 cm³/mol. The van der Waals surface area contributed by atoms with Crippen LogP contribution in [0.4, 0.5) is 27.6 Å². The Labute approximate surface area is 108 Å². The third-order valence-electron chi connectivity index (χ3n) is 2.78. The molecule has 0 aromatic heterocycles. The number of halogens is 5. The van der Waals surface area contributed by atoms with Gasteiger partial charge in [-0.25, -0.2) is 22.0 Å². The Kier molecular flexibility index (Phi) is 5.14. The van der Waals surface area contributed by atoms with E-state index in [9.17, 15) is 22.0 Å². The standard InChI is InChI=1S/C13H16F5N/c1-6(2)4-5-7(3)19-13-11(17)9(15)8(14)10(16)12(13)18/h6-7,19H,4-5H2,1-3H3. The molecule has 0 spiro atoms. The van der Waals surface area contributed by atoms with E-state index in [1.165, 1.54) is 0 Å². The van der Waals surface area contributed by atoms with Crippen LogP contribution >= 0.6 is 0 Å². The summed E-state index contributed by atoms with van der Waals surface area (Å²) in [5.74, 6) is -9.27. The second-order valence-electron chi connectivity index (χ2n) is 4.96. The molecule has 0 aliphatic heterocycles. The van der Waals surface area contributed by atoms with Gasteiger partial charge in [-0.05, 0) is 25.7 Å². The summed E-state index contributed by atoms with van der Waals surface area (Å²) in [5, 5.41) is 2.35. The van der Waals surface area contributed by atoms with Gasteiger partial charge in [0.15, 0.2) is 23.3 Å². The van der Waals surface area contributed by atoms with Crippen molar-refractivity contribution in [3.63, 3.8) is 0 Å². The van der Waals surface area contributed by atoms with E-state index in [0.717, 1.165) is 6.42 Å². The van der Waals surface area contributed by atoms with Gasteiger partial charge in [0.05, 0.1) is 0 Å². The summed E-state index contributed by atoms with van der Waals surface area (Å²) in [6.45, 7) is 5.58. The lowest BCUT2D eigenvalue weighted by atomic mass is 10.0. The average molecular weight is 281 g/mol. The van der Waals surface area contributed by atoms with Crippen LogP contribution in [-0.4, -0.2) is 6.04 Å². The predicted octanol–water partition coefficient (Wildman–Crippen LogP) is 4.62. The molecule has 0 bridgehead atoms. The van der Waals surface area contributed by atoms with E-state index < -0.39 is 40.8 Å². The maximum Gasteiger partial charge on any atom is 0.200 e. The zero-order valence-corrected chi connectivity index (χ0v) is 11.0. The van der Waals surface area contributed by atoms with Gasteiger partial charge in [-0.15, -0.1) is 0 Å². The second kappa shape index (κ2) is 6.21. The number of anilines is 1. The van der Waals surface area contributed by atoms with E-state index in [1.807, 2.05) is 13.8 Å². The van der Waals surface area contributed by atoms with E-state index >= 15 is 0 Å². The molecular formula is C13H16F5N. The molecular weight excluding hydrogens is 265 g/mol. The van der Waals surface area contributed by atoms with Crippen molar-refractivity contribution in [1.82, 2.24) is 0 Å². The van der Waals surface area contributed by atoms with Crippen LogP contribution in [-0.2, 0) is 0 Å². The first-order chi connectivity index (χ1) is 8.75. The molecule has 0 amide bonds. The van der Waals surface area contributed by atoms with Gasteiger partial charge in [0.1, 0.15) is 5.69 Å². The van der Waals surface area contributed by atoms with Crippen molar-refractivity contribution in [2.75, 3.05) is 5.32 Å². The number of benzene rings is 1. The molecule has 0 aliphatic rings. The van der Waals surface area contributed by atoms with Crippen molar-refractivity contribution in [2.24, 2.45) is 5.92 Å². The summed E-state index contributed by atoms with van der Waals surface area (Å²) in [6, 6.07) is -0.393. The molecule has 108 valence electrons. The third kappa shape index (κ3) is 3.58. The van der Waals surface area contributed by atoms with Gasteiger partial charge in [0.25, 0.3) is 0 Å². The third-order valence-corrected chi connectivity index (χ3v) is 2.78. The normalized spacial score (nSPS) is 12.9. The van der Waals surface area contributed by atoms with Gasteiger partial charge in [0.2, 0.25) is 5.82 Å². The van der Waals surface area contributed by atoms with Crippen LogP contribution in [0.15, 0.2) is 0 Å². The SMILES string of the molecule is CC(C)CCC(C)Nc1c(F)c(F)c(F)c(F)c1F. The fraction of sp³-hybridized carbons (Fsp3) is 0.538. The van der Waals surface area contributed by atoms with Crippen LogP contribution in [0.25, 0.3) is 0 Å². The van der Waals surface area contributed by atoms with Gasteiger partial charge in [-0.3, -0.25) is 0 Å². The molecule has 1 rings (SSSR count). The lowest BCUT2D eigenvalue weighted by Crippen LogP contribution is -2.19. The number of hydrogen-bond donors (Lipinski definition) is 1. The fourth-order valence-electron chi connectivity index (χ4n) is 1.63. The van der Waals surface area contributed by atoms with Crippen molar-refractivity contribution in [3.8, 4) is 0 Å². The molecule has 0 saturated heterocycles. The molecule has 19 heavy (non-hydrogen) atoms. The molecule has 1 unspecified atom stereocenters. The second-order valence-corrected chi connectivity index (χ2v) is 4.96. The Morgan fingerprint density at radius 1 is 0.737 bits per heavy atom. The summed E-state index contributed by atoms with van der Waals surface area (Å²) >= 11 is 0. The quantitative estimate of drug-likeness (QED) is 0.472. The molecule has 0 heterocycles. The number of hydrogen-bond acceptors (Lipinski definition) is 1. The van der Waals surface area contributed by atoms with Crippen molar-refractivity contribution in [2.45, 2.75) is 39.7 Å². The van der Waals surface area contributed by atoms with Gasteiger partial charge < -0.3 is 5.32 Å². The Balaban J connectivity index is 2.95. The molecule has 0 aliphatic carbocycles. The number of nitrogens with one attached hydrogen (secondary N) is 1. The zero-order valence-electron chi connectivity index (χ0n) is 11.0. The van der Waals surface area contributed by atoms with Crippen molar-refractivity contribution in [1.29, 1.82) is 0 Å². The summed E-state index contributed by atoms with van der Waals surface area (Å²) in [5.41, 5.74) is -0.965. The monoisotopic (exact) mass is 281 g/mol. The highest BCUT2D eigenvalue weighted by molar-refractivity contribution is 5.48. The molecule has 1 aromatic rings. The lowest BCUT2D eigenvalue weighted by molar-refractivity contribution is 0.380. The van der Waals surface area contributed by atoms with Crippen LogP contribution in [0.5, 0.6) is 0 Å². The first kappa shape index (κ1) is 15.7. The maximum absolute atomic E-state index is 13.4. The molecule has 1 N–H and O–H groups in total. The minimum Gasteiger partial charge on any atom is -0.378 e. The van der Waals surface area contributed by atoms with Gasteiger partial charge in [0, 0.05) is 6.04 Å². The van der Waals surface area contributed by atoms with E-state index in [1.54, 1.807) is 6.92 Å². The van der Waals surface area contributed by atoms with Gasteiger partial charge >= 0.3 is 0 Å². The summed E-state index contributed by atoms with van der Waals surface area (Å²) < 4.78 is 65.5. The topological polar surface area (TPSA) is 12.0 Å². The van der Waals surface area contributed by atoms with E-state index in [4.69, 9.17) is 0 Å². The minimum absolute atomic E-state index is 0.389. The first-order valence-corrected chi connectivity index (χ1v) is 6.03. The minimum atomic E-state index is -2.14. The highest BCUT2D eigenvalue weighted by Crippen LogP contribution is 2.28. The fourth-order valence-corrected chi connectivity index (χ4v) is 1.63. The summed E-state index contributed by atoms with van der Waals surface area (Å²) in [4.78, 5) is 0. The molecule has 1 aromatic carbocycles. The highest BCUT2D eigenvalue weighted by atomic mass is 19.2. The maximum atomic E-state index is 13.4. The van der Waals surface area contributed by atoms with Crippen LogP contribution in [0.3, 0.4) is 0 Å². The van der Waals surface area contributed by atoms with Crippen LogP contribution in [0.2, 0.25) is 0 Å². The Hall–Kier alpha value is -1.33. The molecule has 0 saturated carbocycles. The van der Waals surface area contributed by atoms with Crippen molar-refractivity contribution >= 4 is 5.69 Å².